The number of thioether (sulfide) groups is 1. The average Bonchev–Trinajstić information content (AvgIpc) is 2.18. The van der Waals surface area contributed by atoms with E-state index in [0.717, 1.165) is 16.3 Å². The van der Waals surface area contributed by atoms with Crippen LogP contribution in [-0.2, 0) is 0 Å². The Morgan fingerprint density at radius 3 is 2.46 bits per heavy atom. The standard InChI is InChI=1S/C10H13NS2/c1-3-13-9-6-4-8(5-7-9)10(12)11-2/h4-7H,3H2,1-2H3,(H,11,12). The number of hydrogen-bond donors (Lipinski definition) is 1. The third-order valence-electron chi connectivity index (χ3n) is 1.65. The molecule has 0 heterocycles. The van der Waals surface area contributed by atoms with Gasteiger partial charge in [-0.2, -0.15) is 0 Å². The fourth-order valence-corrected chi connectivity index (χ4v) is 1.81. The number of rotatable bonds is 3. The molecule has 0 aliphatic carbocycles. The second kappa shape index (κ2) is 5.25. The van der Waals surface area contributed by atoms with E-state index in [2.05, 4.69) is 36.5 Å². The summed E-state index contributed by atoms with van der Waals surface area (Å²) in [5, 5.41) is 2.96. The highest BCUT2D eigenvalue weighted by molar-refractivity contribution is 7.99. The predicted molar refractivity (Wildman–Crippen MR) is 63.6 cm³/mol. The molecular weight excluding hydrogens is 198 g/mol. The van der Waals surface area contributed by atoms with Gasteiger partial charge in [0.2, 0.25) is 0 Å². The molecule has 0 unspecified atom stereocenters. The molecule has 0 radical (unpaired) electrons. The molecule has 1 aromatic rings. The molecule has 1 rings (SSSR count). The molecule has 0 saturated heterocycles. The first-order chi connectivity index (χ1) is 6.27. The maximum atomic E-state index is 5.11. The van der Waals surface area contributed by atoms with Crippen LogP contribution in [0.5, 0.6) is 0 Å². The molecule has 0 amide bonds. The molecule has 0 aromatic heterocycles. The Kier molecular flexibility index (Phi) is 4.25. The first-order valence-electron chi connectivity index (χ1n) is 4.23. The Balaban J connectivity index is 2.75. The van der Waals surface area contributed by atoms with Gasteiger partial charge in [0.25, 0.3) is 0 Å². The molecule has 1 N–H and O–H groups in total. The van der Waals surface area contributed by atoms with E-state index in [-0.39, 0.29) is 0 Å². The number of thiocarbonyl (C=S) groups is 1. The summed E-state index contributed by atoms with van der Waals surface area (Å²) in [7, 11) is 1.84. The first-order valence-corrected chi connectivity index (χ1v) is 5.62. The van der Waals surface area contributed by atoms with Gasteiger partial charge < -0.3 is 5.32 Å². The minimum atomic E-state index is 0.799. The van der Waals surface area contributed by atoms with E-state index in [1.54, 1.807) is 0 Å². The van der Waals surface area contributed by atoms with Crippen LogP contribution < -0.4 is 5.32 Å². The van der Waals surface area contributed by atoms with Crippen LogP contribution in [0.1, 0.15) is 12.5 Å². The van der Waals surface area contributed by atoms with Crippen molar-refractivity contribution < 1.29 is 0 Å². The smallest absolute Gasteiger partial charge is 0.106 e. The molecule has 13 heavy (non-hydrogen) atoms. The van der Waals surface area contributed by atoms with Crippen molar-refractivity contribution in [2.45, 2.75) is 11.8 Å². The lowest BCUT2D eigenvalue weighted by Crippen LogP contribution is -2.16. The summed E-state index contributed by atoms with van der Waals surface area (Å²) in [4.78, 5) is 2.10. The zero-order valence-electron chi connectivity index (χ0n) is 7.83. The van der Waals surface area contributed by atoms with E-state index < -0.39 is 0 Å². The zero-order valence-corrected chi connectivity index (χ0v) is 9.47. The normalized spacial score (nSPS) is 9.69. The van der Waals surface area contributed by atoms with Crippen LogP contribution in [0.25, 0.3) is 0 Å². The van der Waals surface area contributed by atoms with Crippen LogP contribution in [0.15, 0.2) is 29.2 Å². The molecule has 3 heteroatoms. The summed E-state index contributed by atoms with van der Waals surface area (Å²) < 4.78 is 0. The van der Waals surface area contributed by atoms with Gasteiger partial charge in [-0.3, -0.25) is 0 Å². The van der Waals surface area contributed by atoms with Crippen molar-refractivity contribution >= 4 is 29.0 Å². The lowest BCUT2D eigenvalue weighted by atomic mass is 10.2. The Morgan fingerprint density at radius 2 is 2.00 bits per heavy atom. The Labute approximate surface area is 88.9 Å². The largest absolute Gasteiger partial charge is 0.379 e. The van der Waals surface area contributed by atoms with E-state index in [1.807, 2.05) is 18.8 Å². The molecule has 0 saturated carbocycles. The van der Waals surface area contributed by atoms with Crippen molar-refractivity contribution in [3.05, 3.63) is 29.8 Å². The van der Waals surface area contributed by atoms with E-state index in [9.17, 15) is 0 Å². The second-order valence-corrected chi connectivity index (χ2v) is 4.28. The van der Waals surface area contributed by atoms with E-state index in [0.29, 0.717) is 0 Å². The van der Waals surface area contributed by atoms with Gasteiger partial charge in [0.1, 0.15) is 4.99 Å². The summed E-state index contributed by atoms with van der Waals surface area (Å²) in [6, 6.07) is 8.31. The molecule has 0 aliphatic rings. The van der Waals surface area contributed by atoms with Gasteiger partial charge in [-0.1, -0.05) is 31.3 Å². The van der Waals surface area contributed by atoms with Crippen molar-refractivity contribution in [3.8, 4) is 0 Å². The van der Waals surface area contributed by atoms with Crippen molar-refractivity contribution in [1.29, 1.82) is 0 Å². The van der Waals surface area contributed by atoms with Crippen molar-refractivity contribution in [3.63, 3.8) is 0 Å². The van der Waals surface area contributed by atoms with Gasteiger partial charge >= 0.3 is 0 Å². The van der Waals surface area contributed by atoms with Gasteiger partial charge in [-0.05, 0) is 17.9 Å². The Hall–Kier alpha value is -0.540. The number of hydrogen-bond acceptors (Lipinski definition) is 2. The predicted octanol–water partition coefficient (Wildman–Crippen LogP) is 2.69. The molecule has 0 atom stereocenters. The Bertz CT molecular complexity index is 279. The zero-order chi connectivity index (χ0) is 9.68. The maximum absolute atomic E-state index is 5.11. The summed E-state index contributed by atoms with van der Waals surface area (Å²) >= 11 is 6.95. The van der Waals surface area contributed by atoms with Crippen molar-refractivity contribution in [1.82, 2.24) is 5.32 Å². The lowest BCUT2D eigenvalue weighted by molar-refractivity contribution is 1.20. The van der Waals surface area contributed by atoms with Gasteiger partial charge in [0.05, 0.1) is 0 Å². The minimum absolute atomic E-state index is 0.799. The minimum Gasteiger partial charge on any atom is -0.379 e. The average molecular weight is 211 g/mol. The molecule has 0 aliphatic heterocycles. The fourth-order valence-electron chi connectivity index (χ4n) is 1.01. The molecular formula is C10H13NS2. The van der Waals surface area contributed by atoms with Crippen molar-refractivity contribution in [2.75, 3.05) is 12.8 Å². The summed E-state index contributed by atoms with van der Waals surface area (Å²) in [5.74, 6) is 1.11. The second-order valence-electron chi connectivity index (χ2n) is 2.54. The lowest BCUT2D eigenvalue weighted by Gasteiger charge is -2.03. The third kappa shape index (κ3) is 3.01. The monoisotopic (exact) mass is 211 g/mol. The maximum Gasteiger partial charge on any atom is 0.106 e. The van der Waals surface area contributed by atoms with Crippen LogP contribution in [0.3, 0.4) is 0 Å². The van der Waals surface area contributed by atoms with Crippen LogP contribution in [0, 0.1) is 0 Å². The molecule has 0 bridgehead atoms. The van der Waals surface area contributed by atoms with Gasteiger partial charge in [-0.15, -0.1) is 11.8 Å². The number of nitrogens with one attached hydrogen (secondary N) is 1. The van der Waals surface area contributed by atoms with E-state index in [4.69, 9.17) is 12.2 Å². The SMILES string of the molecule is CCSc1ccc(C(=S)NC)cc1. The molecule has 1 aromatic carbocycles. The third-order valence-corrected chi connectivity index (χ3v) is 2.99. The molecule has 70 valence electrons. The molecule has 0 spiro atoms. The quantitative estimate of drug-likeness (QED) is 0.610. The summed E-state index contributed by atoms with van der Waals surface area (Å²) in [6.07, 6.45) is 0. The summed E-state index contributed by atoms with van der Waals surface area (Å²) in [5.41, 5.74) is 1.08. The molecule has 1 nitrogen and oxygen atoms in total. The van der Waals surface area contributed by atoms with Gasteiger partial charge in [0, 0.05) is 17.5 Å². The van der Waals surface area contributed by atoms with Crippen molar-refractivity contribution in [2.24, 2.45) is 0 Å². The highest BCUT2D eigenvalue weighted by Gasteiger charge is 1.97. The van der Waals surface area contributed by atoms with Crippen LogP contribution >= 0.6 is 24.0 Å². The van der Waals surface area contributed by atoms with Gasteiger partial charge in [0.15, 0.2) is 0 Å². The first kappa shape index (κ1) is 10.5. The van der Waals surface area contributed by atoms with Crippen LogP contribution in [-0.4, -0.2) is 17.8 Å². The van der Waals surface area contributed by atoms with Gasteiger partial charge in [-0.25, -0.2) is 0 Å². The highest BCUT2D eigenvalue weighted by atomic mass is 32.2. The topological polar surface area (TPSA) is 12.0 Å². The Morgan fingerprint density at radius 1 is 1.38 bits per heavy atom. The van der Waals surface area contributed by atoms with E-state index in [1.165, 1.54) is 4.90 Å². The number of benzene rings is 1. The fraction of sp³-hybridized carbons (Fsp3) is 0.300. The van der Waals surface area contributed by atoms with Crippen LogP contribution in [0.2, 0.25) is 0 Å². The van der Waals surface area contributed by atoms with E-state index >= 15 is 0 Å². The molecule has 0 fully saturated rings. The highest BCUT2D eigenvalue weighted by Crippen LogP contribution is 2.17. The summed E-state index contributed by atoms with van der Waals surface area (Å²) in [6.45, 7) is 2.15. The van der Waals surface area contributed by atoms with Crippen LogP contribution in [0.4, 0.5) is 0 Å².